The lowest BCUT2D eigenvalue weighted by Gasteiger charge is -2.31. The molecule has 1 aromatic carbocycles. The van der Waals surface area contributed by atoms with Gasteiger partial charge in [-0.1, -0.05) is 19.1 Å². The lowest BCUT2D eigenvalue weighted by molar-refractivity contribution is -0.137. The Labute approximate surface area is 207 Å². The van der Waals surface area contributed by atoms with Gasteiger partial charge < -0.3 is 10.2 Å². The van der Waals surface area contributed by atoms with Crippen LogP contribution in [0.2, 0.25) is 0 Å². The van der Waals surface area contributed by atoms with Crippen molar-refractivity contribution >= 4 is 17.5 Å². The fraction of sp³-hybridized carbons (Fsp3) is 0.385. The van der Waals surface area contributed by atoms with Crippen LogP contribution in [0.5, 0.6) is 0 Å². The largest absolute Gasteiger partial charge is 0.416 e. The second kappa shape index (κ2) is 10.1. The fourth-order valence-corrected chi connectivity index (χ4v) is 4.36. The highest BCUT2D eigenvalue weighted by Crippen LogP contribution is 2.31. The number of amides is 1. The molecule has 10 heteroatoms. The maximum Gasteiger partial charge on any atom is 0.416 e. The number of ketones is 1. The van der Waals surface area contributed by atoms with Crippen LogP contribution in [0.3, 0.4) is 0 Å². The molecule has 36 heavy (non-hydrogen) atoms. The van der Waals surface area contributed by atoms with E-state index in [1.165, 1.54) is 16.8 Å². The molecule has 2 aromatic heterocycles. The second-order valence-electron chi connectivity index (χ2n) is 9.21. The zero-order valence-corrected chi connectivity index (χ0v) is 20.4. The van der Waals surface area contributed by atoms with Gasteiger partial charge in [0.15, 0.2) is 0 Å². The van der Waals surface area contributed by atoms with Crippen molar-refractivity contribution in [1.29, 1.82) is 0 Å². The minimum Gasteiger partial charge on any atom is -0.357 e. The summed E-state index contributed by atoms with van der Waals surface area (Å²) >= 11 is 0. The van der Waals surface area contributed by atoms with E-state index in [1.54, 1.807) is 20.0 Å². The molecule has 3 heterocycles. The van der Waals surface area contributed by atoms with Gasteiger partial charge in [-0.3, -0.25) is 9.59 Å². The molecule has 0 spiro atoms. The number of hydrogen-bond donors (Lipinski definition) is 1. The summed E-state index contributed by atoms with van der Waals surface area (Å²) in [4.78, 5) is 32.3. The molecular formula is C26H28F3N5O2. The number of aryl methyl sites for hydroxylation is 1. The van der Waals surface area contributed by atoms with Crippen LogP contribution >= 0.6 is 0 Å². The van der Waals surface area contributed by atoms with E-state index < -0.39 is 23.4 Å². The van der Waals surface area contributed by atoms with Crippen molar-refractivity contribution in [1.82, 2.24) is 20.1 Å². The van der Waals surface area contributed by atoms with Gasteiger partial charge in [-0.2, -0.15) is 18.3 Å². The van der Waals surface area contributed by atoms with E-state index in [0.29, 0.717) is 0 Å². The summed E-state index contributed by atoms with van der Waals surface area (Å²) < 4.78 is 40.6. The molecule has 0 unspecified atom stereocenters. The fourth-order valence-electron chi connectivity index (χ4n) is 4.36. The Hall–Kier alpha value is -3.69. The lowest BCUT2D eigenvalue weighted by Crippen LogP contribution is -2.33. The van der Waals surface area contributed by atoms with Crippen molar-refractivity contribution in [3.63, 3.8) is 0 Å². The molecule has 1 amide bonds. The summed E-state index contributed by atoms with van der Waals surface area (Å²) in [6.45, 7) is 7.38. The number of piperidine rings is 1. The first-order valence-electron chi connectivity index (χ1n) is 11.8. The molecule has 0 saturated carbocycles. The van der Waals surface area contributed by atoms with E-state index in [4.69, 9.17) is 0 Å². The normalized spacial score (nSPS) is 14.7. The SMILES string of the molecule is Cc1nn(-c2cccc(C(F)(F)F)c2)c(C)c1C(=O)C(=O)NCc1ccc(N2CCC(C)CC2)nc1. The first kappa shape index (κ1) is 25.4. The molecule has 3 aromatic rings. The van der Waals surface area contributed by atoms with Crippen LogP contribution < -0.4 is 10.2 Å². The number of carbonyl (C=O) groups excluding carboxylic acids is 2. The Kier molecular flexibility index (Phi) is 7.14. The second-order valence-corrected chi connectivity index (χ2v) is 9.21. The molecule has 4 rings (SSSR count). The van der Waals surface area contributed by atoms with Crippen LogP contribution in [0.15, 0.2) is 42.6 Å². The molecule has 0 atom stereocenters. The minimum atomic E-state index is -4.51. The highest BCUT2D eigenvalue weighted by molar-refractivity contribution is 6.43. The van der Waals surface area contributed by atoms with Crippen molar-refractivity contribution in [2.45, 2.75) is 46.3 Å². The highest BCUT2D eigenvalue weighted by atomic mass is 19.4. The summed E-state index contributed by atoms with van der Waals surface area (Å²) in [5.74, 6) is -0.00635. The number of hydrogen-bond acceptors (Lipinski definition) is 5. The number of anilines is 1. The van der Waals surface area contributed by atoms with E-state index in [0.717, 1.165) is 55.4 Å². The zero-order chi connectivity index (χ0) is 26.0. The highest BCUT2D eigenvalue weighted by Gasteiger charge is 2.31. The summed E-state index contributed by atoms with van der Waals surface area (Å²) in [6, 6.07) is 8.43. The molecule has 1 N–H and O–H groups in total. The van der Waals surface area contributed by atoms with Crippen LogP contribution in [0.1, 0.15) is 52.6 Å². The molecule has 190 valence electrons. The number of halogens is 3. The van der Waals surface area contributed by atoms with Crippen LogP contribution in [0.25, 0.3) is 5.69 Å². The van der Waals surface area contributed by atoms with Crippen molar-refractivity contribution in [2.75, 3.05) is 18.0 Å². The number of nitrogens with zero attached hydrogens (tertiary/aromatic N) is 4. The van der Waals surface area contributed by atoms with Gasteiger partial charge in [0, 0.05) is 25.8 Å². The number of Topliss-reactive ketones (excluding diaryl/α,β-unsaturated/α-hetero) is 1. The third-order valence-corrected chi connectivity index (χ3v) is 6.51. The predicted molar refractivity (Wildman–Crippen MR) is 129 cm³/mol. The molecule has 0 bridgehead atoms. The van der Waals surface area contributed by atoms with E-state index in [9.17, 15) is 22.8 Å². The van der Waals surface area contributed by atoms with Crippen LogP contribution in [-0.4, -0.2) is 39.5 Å². The van der Waals surface area contributed by atoms with Gasteiger partial charge in [0.1, 0.15) is 5.82 Å². The molecule has 0 aliphatic carbocycles. The Balaban J connectivity index is 1.43. The van der Waals surface area contributed by atoms with E-state index >= 15 is 0 Å². The minimum absolute atomic E-state index is 0.0673. The van der Waals surface area contributed by atoms with E-state index in [-0.39, 0.29) is 29.2 Å². The van der Waals surface area contributed by atoms with Gasteiger partial charge in [0.25, 0.3) is 11.7 Å². The van der Waals surface area contributed by atoms with Gasteiger partial charge in [0.2, 0.25) is 0 Å². The smallest absolute Gasteiger partial charge is 0.357 e. The van der Waals surface area contributed by atoms with Crippen LogP contribution in [0, 0.1) is 19.8 Å². The maximum absolute atomic E-state index is 13.1. The Morgan fingerprint density at radius 2 is 1.83 bits per heavy atom. The number of benzene rings is 1. The number of aromatic nitrogens is 3. The Morgan fingerprint density at radius 3 is 2.47 bits per heavy atom. The number of pyridine rings is 1. The topological polar surface area (TPSA) is 80.1 Å². The summed E-state index contributed by atoms with van der Waals surface area (Å²) in [5, 5.41) is 6.82. The average Bonchev–Trinajstić information content (AvgIpc) is 3.16. The average molecular weight is 500 g/mol. The molecule has 1 aliphatic rings. The van der Waals surface area contributed by atoms with Gasteiger partial charge in [-0.25, -0.2) is 9.67 Å². The quantitative estimate of drug-likeness (QED) is 0.395. The van der Waals surface area contributed by atoms with Crippen molar-refractivity contribution in [3.8, 4) is 5.69 Å². The van der Waals surface area contributed by atoms with E-state index in [2.05, 4.69) is 27.2 Å². The monoisotopic (exact) mass is 499 g/mol. The first-order chi connectivity index (χ1) is 17.0. The molecule has 1 saturated heterocycles. The summed E-state index contributed by atoms with van der Waals surface area (Å²) in [5.41, 5.74) is 0.684. The van der Waals surface area contributed by atoms with Crippen molar-refractivity contribution < 1.29 is 22.8 Å². The van der Waals surface area contributed by atoms with Crippen LogP contribution in [-0.2, 0) is 17.5 Å². The van der Waals surface area contributed by atoms with Crippen molar-refractivity contribution in [3.05, 3.63) is 70.7 Å². The van der Waals surface area contributed by atoms with Gasteiger partial charge in [0.05, 0.1) is 28.2 Å². The lowest BCUT2D eigenvalue weighted by atomic mass is 9.99. The molecule has 1 aliphatic heterocycles. The molecular weight excluding hydrogens is 471 g/mol. The third kappa shape index (κ3) is 5.42. The Morgan fingerprint density at radius 1 is 1.11 bits per heavy atom. The first-order valence-corrected chi connectivity index (χ1v) is 11.8. The van der Waals surface area contributed by atoms with Gasteiger partial charge in [-0.15, -0.1) is 0 Å². The number of rotatable bonds is 6. The number of carbonyl (C=O) groups is 2. The Bertz CT molecular complexity index is 1260. The number of alkyl halides is 3. The van der Waals surface area contributed by atoms with Crippen molar-refractivity contribution in [2.24, 2.45) is 5.92 Å². The van der Waals surface area contributed by atoms with E-state index in [1.807, 2.05) is 12.1 Å². The maximum atomic E-state index is 13.1. The molecule has 7 nitrogen and oxygen atoms in total. The van der Waals surface area contributed by atoms with Gasteiger partial charge in [-0.05, 0) is 62.4 Å². The third-order valence-electron chi connectivity index (χ3n) is 6.51. The predicted octanol–water partition coefficient (Wildman–Crippen LogP) is 4.64. The molecule has 1 fully saturated rings. The number of nitrogens with one attached hydrogen (secondary N) is 1. The van der Waals surface area contributed by atoms with Gasteiger partial charge >= 0.3 is 6.18 Å². The zero-order valence-electron chi connectivity index (χ0n) is 20.4. The molecule has 0 radical (unpaired) electrons. The standard InChI is InChI=1S/C26H28F3N5O2/c1-16-9-11-33(12-10-16)22-8-7-19(14-30-22)15-31-25(36)24(35)23-17(2)32-34(18(23)3)21-6-4-5-20(13-21)26(27,28)29/h4-8,13-14,16H,9-12,15H2,1-3H3,(H,31,36). The summed E-state index contributed by atoms with van der Waals surface area (Å²) in [6.07, 6.45) is -0.570. The summed E-state index contributed by atoms with van der Waals surface area (Å²) in [7, 11) is 0. The van der Waals surface area contributed by atoms with Crippen LogP contribution in [0.4, 0.5) is 19.0 Å².